The van der Waals surface area contributed by atoms with E-state index in [9.17, 15) is 4.79 Å². The number of carbonyl (C=O) groups is 1. The molecule has 1 N–H and O–H groups in total. The lowest BCUT2D eigenvalue weighted by atomic mass is 10.1. The van der Waals surface area contributed by atoms with Crippen molar-refractivity contribution in [2.75, 3.05) is 6.54 Å². The van der Waals surface area contributed by atoms with E-state index in [-0.39, 0.29) is 5.91 Å². The molecule has 0 bridgehead atoms. The normalized spacial score (nSPS) is 10.7. The van der Waals surface area contributed by atoms with E-state index in [2.05, 4.69) is 29.6 Å². The molecule has 3 rings (SSSR count). The van der Waals surface area contributed by atoms with Crippen LogP contribution in [0.1, 0.15) is 28.8 Å². The molecule has 0 fully saturated rings. The molecule has 0 spiro atoms. The zero-order valence-electron chi connectivity index (χ0n) is 12.4. The Hall–Kier alpha value is -2.55. The molecule has 112 valence electrons. The van der Waals surface area contributed by atoms with Crippen molar-refractivity contribution in [3.05, 3.63) is 72.0 Å². The van der Waals surface area contributed by atoms with Gasteiger partial charge in [-0.15, -0.1) is 0 Å². The summed E-state index contributed by atoms with van der Waals surface area (Å²) >= 11 is 0. The Labute approximate surface area is 130 Å². The van der Waals surface area contributed by atoms with Crippen LogP contribution in [0.25, 0.3) is 11.0 Å². The van der Waals surface area contributed by atoms with Gasteiger partial charge in [0.25, 0.3) is 5.91 Å². The zero-order chi connectivity index (χ0) is 15.2. The second-order valence-electron chi connectivity index (χ2n) is 5.34. The van der Waals surface area contributed by atoms with E-state index in [1.165, 1.54) is 5.56 Å². The number of furan rings is 1. The van der Waals surface area contributed by atoms with Crippen LogP contribution in [0.15, 0.2) is 65.3 Å². The lowest BCUT2D eigenvalue weighted by molar-refractivity contribution is 0.0954. The van der Waals surface area contributed by atoms with E-state index >= 15 is 0 Å². The lowest BCUT2D eigenvalue weighted by Crippen LogP contribution is -2.24. The highest BCUT2D eigenvalue weighted by Crippen LogP contribution is 2.19. The number of hydrogen-bond acceptors (Lipinski definition) is 2. The molecule has 22 heavy (non-hydrogen) atoms. The van der Waals surface area contributed by atoms with Crippen molar-refractivity contribution < 1.29 is 9.21 Å². The monoisotopic (exact) mass is 293 g/mol. The van der Waals surface area contributed by atoms with Gasteiger partial charge in [0.2, 0.25) is 0 Å². The molecule has 0 aliphatic heterocycles. The minimum Gasteiger partial charge on any atom is -0.464 e. The van der Waals surface area contributed by atoms with Crippen LogP contribution in [0.3, 0.4) is 0 Å². The number of nitrogens with one attached hydrogen (secondary N) is 1. The van der Waals surface area contributed by atoms with Crippen molar-refractivity contribution >= 4 is 16.9 Å². The van der Waals surface area contributed by atoms with Crippen LogP contribution in [-0.4, -0.2) is 12.5 Å². The van der Waals surface area contributed by atoms with Gasteiger partial charge in [-0.2, -0.15) is 0 Å². The van der Waals surface area contributed by atoms with Crippen molar-refractivity contribution in [2.24, 2.45) is 0 Å². The summed E-state index contributed by atoms with van der Waals surface area (Å²) in [6.45, 7) is 0.694. The van der Waals surface area contributed by atoms with Gasteiger partial charge in [-0.3, -0.25) is 4.79 Å². The van der Waals surface area contributed by atoms with Gasteiger partial charge < -0.3 is 9.73 Å². The number of amides is 1. The minimum absolute atomic E-state index is 0.0355. The quantitative estimate of drug-likeness (QED) is 0.693. The topological polar surface area (TPSA) is 42.2 Å². The Kier molecular flexibility index (Phi) is 4.54. The molecular formula is C19H19NO2. The van der Waals surface area contributed by atoms with Crippen LogP contribution in [0.4, 0.5) is 0 Å². The molecule has 0 saturated heterocycles. The second-order valence-corrected chi connectivity index (χ2v) is 5.34. The highest BCUT2D eigenvalue weighted by Gasteiger charge is 2.10. The van der Waals surface area contributed by atoms with Gasteiger partial charge in [0.05, 0.1) is 11.8 Å². The van der Waals surface area contributed by atoms with Crippen molar-refractivity contribution in [1.29, 1.82) is 0 Å². The Balaban J connectivity index is 1.48. The summed E-state index contributed by atoms with van der Waals surface area (Å²) in [7, 11) is 0. The van der Waals surface area contributed by atoms with E-state index in [0.717, 1.165) is 30.2 Å². The van der Waals surface area contributed by atoms with Crippen LogP contribution in [0.2, 0.25) is 0 Å². The molecule has 3 aromatic rings. The van der Waals surface area contributed by atoms with Gasteiger partial charge in [-0.25, -0.2) is 0 Å². The fourth-order valence-corrected chi connectivity index (χ4v) is 2.59. The Morgan fingerprint density at radius 1 is 0.955 bits per heavy atom. The predicted octanol–water partition coefficient (Wildman–Crippen LogP) is 4.19. The molecule has 0 saturated carbocycles. The fraction of sp³-hybridized carbons (Fsp3) is 0.211. The number of unbranched alkanes of at least 4 members (excludes halogenated alkanes) is 1. The van der Waals surface area contributed by atoms with Crippen molar-refractivity contribution in [2.45, 2.75) is 19.3 Å². The van der Waals surface area contributed by atoms with Crippen LogP contribution in [0.5, 0.6) is 0 Å². The maximum absolute atomic E-state index is 12.2. The Morgan fingerprint density at radius 2 is 1.82 bits per heavy atom. The van der Waals surface area contributed by atoms with E-state index in [4.69, 9.17) is 4.42 Å². The molecule has 2 aromatic carbocycles. The first-order valence-corrected chi connectivity index (χ1v) is 7.63. The second kappa shape index (κ2) is 6.94. The summed E-state index contributed by atoms with van der Waals surface area (Å²) in [5, 5.41) is 3.85. The van der Waals surface area contributed by atoms with Crippen LogP contribution >= 0.6 is 0 Å². The number of rotatable bonds is 6. The summed E-state index contributed by atoms with van der Waals surface area (Å²) in [4.78, 5) is 12.2. The first kappa shape index (κ1) is 14.4. The lowest BCUT2D eigenvalue weighted by Gasteiger charge is -2.06. The van der Waals surface area contributed by atoms with Gasteiger partial charge >= 0.3 is 0 Å². The molecule has 0 radical (unpaired) electrons. The highest BCUT2D eigenvalue weighted by atomic mass is 16.3. The number of aryl methyl sites for hydroxylation is 1. The Bertz CT molecular complexity index is 746. The van der Waals surface area contributed by atoms with Crippen molar-refractivity contribution in [1.82, 2.24) is 5.32 Å². The number of benzene rings is 2. The first-order chi connectivity index (χ1) is 10.8. The molecule has 3 nitrogen and oxygen atoms in total. The van der Waals surface area contributed by atoms with Crippen molar-refractivity contribution in [3.8, 4) is 0 Å². The Morgan fingerprint density at radius 3 is 2.68 bits per heavy atom. The molecule has 0 unspecified atom stereocenters. The highest BCUT2D eigenvalue weighted by molar-refractivity contribution is 6.05. The molecule has 1 heterocycles. The molecule has 3 heteroatoms. The van der Waals surface area contributed by atoms with Crippen LogP contribution in [0, 0.1) is 0 Å². The van der Waals surface area contributed by atoms with Gasteiger partial charge in [0.1, 0.15) is 5.58 Å². The van der Waals surface area contributed by atoms with E-state index in [0.29, 0.717) is 12.1 Å². The maximum Gasteiger partial charge on any atom is 0.252 e. The third-order valence-electron chi connectivity index (χ3n) is 3.76. The average molecular weight is 293 g/mol. The van der Waals surface area contributed by atoms with Crippen molar-refractivity contribution in [3.63, 3.8) is 0 Å². The SMILES string of the molecule is O=C(NCCCCc1ccccc1)c1cccc2occc12. The number of fused-ring (bicyclic) bond motifs is 1. The van der Waals surface area contributed by atoms with E-state index in [1.54, 1.807) is 6.26 Å². The van der Waals surface area contributed by atoms with Gasteiger partial charge in [-0.1, -0.05) is 36.4 Å². The zero-order valence-corrected chi connectivity index (χ0v) is 12.4. The molecule has 1 aromatic heterocycles. The largest absolute Gasteiger partial charge is 0.464 e. The summed E-state index contributed by atoms with van der Waals surface area (Å²) in [5.41, 5.74) is 2.77. The smallest absolute Gasteiger partial charge is 0.252 e. The summed E-state index contributed by atoms with van der Waals surface area (Å²) in [5.74, 6) is -0.0355. The van der Waals surface area contributed by atoms with Gasteiger partial charge in [-0.05, 0) is 43.0 Å². The summed E-state index contributed by atoms with van der Waals surface area (Å²) in [6.07, 6.45) is 4.71. The molecule has 0 aliphatic rings. The van der Waals surface area contributed by atoms with Crippen LogP contribution < -0.4 is 5.32 Å². The number of carbonyl (C=O) groups excluding carboxylic acids is 1. The third-order valence-corrected chi connectivity index (χ3v) is 3.76. The number of hydrogen-bond donors (Lipinski definition) is 1. The first-order valence-electron chi connectivity index (χ1n) is 7.63. The molecular weight excluding hydrogens is 274 g/mol. The molecule has 0 aliphatic carbocycles. The van der Waals surface area contributed by atoms with E-state index in [1.807, 2.05) is 30.3 Å². The minimum atomic E-state index is -0.0355. The predicted molar refractivity (Wildman–Crippen MR) is 87.9 cm³/mol. The fourth-order valence-electron chi connectivity index (χ4n) is 2.59. The maximum atomic E-state index is 12.2. The van der Waals surface area contributed by atoms with Crippen LogP contribution in [-0.2, 0) is 6.42 Å². The van der Waals surface area contributed by atoms with Gasteiger partial charge in [0.15, 0.2) is 0 Å². The summed E-state index contributed by atoms with van der Waals surface area (Å²) in [6, 6.07) is 17.8. The third kappa shape index (κ3) is 3.37. The summed E-state index contributed by atoms with van der Waals surface area (Å²) < 4.78 is 5.32. The average Bonchev–Trinajstić information content (AvgIpc) is 3.04. The standard InChI is InChI=1S/C19H19NO2/c21-19(17-10-6-11-18-16(17)12-14-22-18)20-13-5-4-9-15-7-2-1-3-8-15/h1-3,6-8,10-12,14H,4-5,9,13H2,(H,20,21). The molecule has 1 amide bonds. The van der Waals surface area contributed by atoms with E-state index < -0.39 is 0 Å². The van der Waals surface area contributed by atoms with Gasteiger partial charge in [0, 0.05) is 11.9 Å². The molecule has 0 atom stereocenters.